The standard InChI is InChI=1S/C8H13NO.C7H12O.C6H10O2.C6H10.C4H10.C2H6.CH4O/c1-4-5-9-6-7-10-8(2)3;1-3-5-7-8-6-4-2;1-3-4-8-6(2)5-7;1-3-5-6-4-2;1-3-4-2;2*1-2/h4,6H,1-2,5,7H2,3H3;3-5H,2,6-7H2,1H3;3-6H,1-2H3;3-4,6H,1,5H2,2H3;3-4H2,1-2H3;1-2H3;2H,1H3/b;5-3+;4-3+;6-4-;;;. The van der Waals surface area contributed by atoms with E-state index in [1.54, 1.807) is 38.3 Å². The van der Waals surface area contributed by atoms with E-state index in [0.29, 0.717) is 32.1 Å². The molecule has 0 aliphatic heterocycles. The highest BCUT2D eigenvalue weighted by Gasteiger charge is 1.91. The van der Waals surface area contributed by atoms with Gasteiger partial charge in [0.25, 0.3) is 0 Å². The predicted octanol–water partition coefficient (Wildman–Crippen LogP) is 9.26. The molecule has 0 aromatic carbocycles. The molecule has 0 aromatic rings. The van der Waals surface area contributed by atoms with Gasteiger partial charge in [-0.15, -0.1) is 19.7 Å². The van der Waals surface area contributed by atoms with Crippen molar-refractivity contribution in [3.05, 3.63) is 86.9 Å². The molecule has 0 aromatic heterocycles. The molecular weight excluding hydrogens is 502 g/mol. The third-order valence-corrected chi connectivity index (χ3v) is 3.11. The number of allylic oxidation sites excluding steroid dienone is 6. The van der Waals surface area contributed by atoms with Gasteiger partial charge in [0.2, 0.25) is 0 Å². The van der Waals surface area contributed by atoms with Crippen LogP contribution in [0.2, 0.25) is 0 Å². The quantitative estimate of drug-likeness (QED) is 0.0701. The Morgan fingerprint density at radius 3 is 1.75 bits per heavy atom. The van der Waals surface area contributed by atoms with Crippen molar-refractivity contribution in [2.45, 2.75) is 87.7 Å². The van der Waals surface area contributed by atoms with E-state index in [1.807, 2.05) is 58.9 Å². The summed E-state index contributed by atoms with van der Waals surface area (Å²) in [5, 5.41) is 7.00. The number of aldehydes is 1. The third-order valence-electron chi connectivity index (χ3n) is 3.11. The normalized spacial score (nSPS) is 9.68. The van der Waals surface area contributed by atoms with Crippen molar-refractivity contribution in [2.75, 3.05) is 33.5 Å². The Balaban J connectivity index is -0.0000000674. The predicted molar refractivity (Wildman–Crippen MR) is 181 cm³/mol. The molecule has 0 bridgehead atoms. The van der Waals surface area contributed by atoms with Gasteiger partial charge in [-0.2, -0.15) is 0 Å². The molecule has 0 spiro atoms. The van der Waals surface area contributed by atoms with Gasteiger partial charge in [-0.1, -0.05) is 95.7 Å². The number of carbonyl (C=O) groups is 1. The van der Waals surface area contributed by atoms with Crippen LogP contribution in [-0.4, -0.2) is 57.2 Å². The number of carbonyl (C=O) groups excluding carboxylic acids is 1. The molecule has 236 valence electrons. The number of aliphatic hydroxyl groups is 1. The summed E-state index contributed by atoms with van der Waals surface area (Å²) in [6.07, 6.45) is 22.4. The average molecular weight is 568 g/mol. The maximum absolute atomic E-state index is 9.85. The number of aliphatic imine (C=N–C) groups is 1. The molecule has 40 heavy (non-hydrogen) atoms. The summed E-state index contributed by atoms with van der Waals surface area (Å²) in [6, 6.07) is 0. The molecule has 0 aliphatic rings. The zero-order valence-corrected chi connectivity index (χ0v) is 27.7. The fourth-order valence-electron chi connectivity index (χ4n) is 1.16. The Morgan fingerprint density at radius 2 is 1.43 bits per heavy atom. The van der Waals surface area contributed by atoms with Crippen molar-refractivity contribution in [1.29, 1.82) is 0 Å². The number of ether oxygens (including phenoxy) is 3. The van der Waals surface area contributed by atoms with Gasteiger partial charge < -0.3 is 19.3 Å². The average Bonchev–Trinajstić information content (AvgIpc) is 3.00. The van der Waals surface area contributed by atoms with E-state index in [2.05, 4.69) is 51.2 Å². The molecular formula is C34H65NO5. The second-order valence-electron chi connectivity index (χ2n) is 6.78. The number of aliphatic hydroxyl groups excluding tert-OH is 1. The maximum atomic E-state index is 9.85. The van der Waals surface area contributed by atoms with E-state index in [0.717, 1.165) is 19.8 Å². The Labute approximate surface area is 249 Å². The number of hydrogen-bond acceptors (Lipinski definition) is 6. The van der Waals surface area contributed by atoms with Crippen molar-refractivity contribution in [3.63, 3.8) is 0 Å². The second-order valence-corrected chi connectivity index (χ2v) is 6.78. The molecule has 0 amide bonds. The van der Waals surface area contributed by atoms with Crippen LogP contribution in [0.5, 0.6) is 0 Å². The SMILES string of the molecule is C/C=C/OC(C)C=O.C=CC/C=C\C.C=CCN=CCOC(=C)C.C=CCOC/C=C/C.CC.CCCC.CO. The Bertz CT molecular complexity index is 577. The summed E-state index contributed by atoms with van der Waals surface area (Å²) in [4.78, 5) is 13.8. The number of unbranched alkanes of at least 4 members (excludes halogenated alkanes) is 1. The van der Waals surface area contributed by atoms with Crippen LogP contribution in [0.15, 0.2) is 91.9 Å². The lowest BCUT2D eigenvalue weighted by Gasteiger charge is -1.99. The highest BCUT2D eigenvalue weighted by atomic mass is 16.5. The van der Waals surface area contributed by atoms with Crippen molar-refractivity contribution >= 4 is 12.5 Å². The van der Waals surface area contributed by atoms with E-state index in [-0.39, 0.29) is 6.10 Å². The van der Waals surface area contributed by atoms with Crippen molar-refractivity contribution in [1.82, 2.24) is 0 Å². The van der Waals surface area contributed by atoms with E-state index < -0.39 is 0 Å². The van der Waals surface area contributed by atoms with Crippen molar-refractivity contribution < 1.29 is 24.1 Å². The zero-order valence-electron chi connectivity index (χ0n) is 27.7. The van der Waals surface area contributed by atoms with Gasteiger partial charge in [-0.25, -0.2) is 0 Å². The molecule has 0 radical (unpaired) electrons. The highest BCUT2D eigenvalue weighted by Crippen LogP contribution is 1.86. The first-order chi connectivity index (χ1) is 19.3. The van der Waals surface area contributed by atoms with E-state index in [4.69, 9.17) is 19.3 Å². The third kappa shape index (κ3) is 112. The van der Waals surface area contributed by atoms with E-state index in [1.165, 1.54) is 19.1 Å². The van der Waals surface area contributed by atoms with Gasteiger partial charge >= 0.3 is 0 Å². The summed E-state index contributed by atoms with van der Waals surface area (Å²) in [5.41, 5.74) is 0. The molecule has 6 heteroatoms. The highest BCUT2D eigenvalue weighted by molar-refractivity contribution is 5.58. The Morgan fingerprint density at radius 1 is 0.875 bits per heavy atom. The molecule has 1 N–H and O–H groups in total. The van der Waals surface area contributed by atoms with Gasteiger partial charge in [-0.3, -0.25) is 9.79 Å². The topological polar surface area (TPSA) is 77.4 Å². The summed E-state index contributed by atoms with van der Waals surface area (Å²) >= 11 is 0. The lowest BCUT2D eigenvalue weighted by atomic mass is 10.4. The summed E-state index contributed by atoms with van der Waals surface area (Å²) < 4.78 is 14.8. The number of hydrogen-bond donors (Lipinski definition) is 1. The smallest absolute Gasteiger partial charge is 0.160 e. The molecule has 0 saturated carbocycles. The lowest BCUT2D eigenvalue weighted by Crippen LogP contribution is -2.03. The molecule has 0 heterocycles. The van der Waals surface area contributed by atoms with Crippen LogP contribution in [-0.2, 0) is 19.0 Å². The van der Waals surface area contributed by atoms with Gasteiger partial charge in [0.15, 0.2) is 6.29 Å². The second kappa shape index (κ2) is 70.6. The first-order valence-electron chi connectivity index (χ1n) is 13.9. The van der Waals surface area contributed by atoms with Crippen LogP contribution < -0.4 is 0 Å². The van der Waals surface area contributed by atoms with Crippen molar-refractivity contribution in [2.24, 2.45) is 4.99 Å². The fourth-order valence-corrected chi connectivity index (χ4v) is 1.16. The van der Waals surface area contributed by atoms with Gasteiger partial charge in [-0.05, 0) is 41.0 Å². The Kier molecular flexibility index (Phi) is 94.1. The first kappa shape index (κ1) is 53.3. The minimum Gasteiger partial charge on any atom is -0.493 e. The Hall–Kier alpha value is -2.96. The molecule has 1 unspecified atom stereocenters. The van der Waals surface area contributed by atoms with Crippen molar-refractivity contribution in [3.8, 4) is 0 Å². The van der Waals surface area contributed by atoms with Gasteiger partial charge in [0.05, 0.1) is 31.8 Å². The van der Waals surface area contributed by atoms with Crippen LogP contribution in [0, 0.1) is 0 Å². The summed E-state index contributed by atoms with van der Waals surface area (Å²) in [6.45, 7) is 34.3. The molecule has 1 atom stereocenters. The summed E-state index contributed by atoms with van der Waals surface area (Å²) in [5.74, 6) is 0.713. The molecule has 0 aliphatic carbocycles. The summed E-state index contributed by atoms with van der Waals surface area (Å²) in [7, 11) is 1.00. The first-order valence-corrected chi connectivity index (χ1v) is 13.9. The van der Waals surface area contributed by atoms with Crippen LogP contribution in [0.4, 0.5) is 0 Å². The maximum Gasteiger partial charge on any atom is 0.160 e. The van der Waals surface area contributed by atoms with E-state index in [9.17, 15) is 4.79 Å². The monoisotopic (exact) mass is 567 g/mol. The van der Waals surface area contributed by atoms with E-state index >= 15 is 0 Å². The van der Waals surface area contributed by atoms with Crippen LogP contribution in [0.25, 0.3) is 0 Å². The largest absolute Gasteiger partial charge is 0.493 e. The van der Waals surface area contributed by atoms with Gasteiger partial charge in [0, 0.05) is 13.3 Å². The molecule has 0 fully saturated rings. The number of nitrogens with zero attached hydrogens (tertiary/aromatic N) is 1. The fraction of sp³-hybridized carbons (Fsp3) is 0.529. The molecule has 6 nitrogen and oxygen atoms in total. The number of rotatable bonds is 15. The lowest BCUT2D eigenvalue weighted by molar-refractivity contribution is -0.114. The molecule has 0 rings (SSSR count). The van der Waals surface area contributed by atoms with Crippen LogP contribution in [0.1, 0.15) is 81.6 Å². The minimum absolute atomic E-state index is 0.314. The van der Waals surface area contributed by atoms with Gasteiger partial charge in [0.1, 0.15) is 12.7 Å². The van der Waals surface area contributed by atoms with Crippen LogP contribution >= 0.6 is 0 Å². The molecule has 0 saturated heterocycles. The minimum atomic E-state index is -0.314. The van der Waals surface area contributed by atoms with Crippen LogP contribution in [0.3, 0.4) is 0 Å². The zero-order chi connectivity index (χ0) is 32.7.